The molecule has 0 spiro atoms. The van der Waals surface area contributed by atoms with Gasteiger partial charge < -0.3 is 15.2 Å². The number of unbranched alkanes of at least 4 members (excludes halogenated alkanes) is 5. The quantitative estimate of drug-likeness (QED) is 0.289. The number of thiazole rings is 1. The van der Waals surface area contributed by atoms with Crippen LogP contribution in [-0.2, 0) is 6.18 Å². The lowest BCUT2D eigenvalue weighted by atomic mass is 10.1. The molecule has 172 valence electrons. The molecule has 2 aromatic heterocycles. The minimum atomic E-state index is -4.54. The maximum Gasteiger partial charge on any atom is 0.420 e. The summed E-state index contributed by atoms with van der Waals surface area (Å²) in [6.07, 6.45) is 3.20. The van der Waals surface area contributed by atoms with Crippen molar-refractivity contribution in [3.05, 3.63) is 47.5 Å². The van der Waals surface area contributed by atoms with Gasteiger partial charge in [-0.05, 0) is 36.8 Å². The second kappa shape index (κ2) is 11.2. The number of nitrogens with zero attached hydrogens (tertiary/aromatic N) is 2. The van der Waals surface area contributed by atoms with Crippen molar-refractivity contribution in [3.8, 4) is 22.9 Å². The van der Waals surface area contributed by atoms with E-state index in [1.165, 1.54) is 42.2 Å². The molecule has 9 heteroatoms. The molecule has 0 saturated heterocycles. The summed E-state index contributed by atoms with van der Waals surface area (Å²) in [5, 5.41) is 14.9. The third-order valence-electron chi connectivity index (χ3n) is 4.82. The molecule has 32 heavy (non-hydrogen) atoms. The van der Waals surface area contributed by atoms with Crippen molar-refractivity contribution in [2.45, 2.75) is 51.6 Å². The van der Waals surface area contributed by atoms with E-state index in [-0.39, 0.29) is 23.8 Å². The molecule has 0 aliphatic heterocycles. The molecule has 1 aromatic carbocycles. The van der Waals surface area contributed by atoms with Crippen molar-refractivity contribution in [3.63, 3.8) is 0 Å². The first kappa shape index (κ1) is 23.8. The zero-order valence-corrected chi connectivity index (χ0v) is 18.6. The molecule has 0 unspecified atom stereocenters. The van der Waals surface area contributed by atoms with Gasteiger partial charge in [-0.1, -0.05) is 39.0 Å². The highest BCUT2D eigenvalue weighted by Crippen LogP contribution is 2.39. The molecule has 0 amide bonds. The number of rotatable bonds is 11. The van der Waals surface area contributed by atoms with Crippen molar-refractivity contribution in [2.75, 3.05) is 11.9 Å². The number of halogens is 3. The minimum Gasteiger partial charge on any atom is -0.506 e. The van der Waals surface area contributed by atoms with E-state index in [1.54, 1.807) is 11.4 Å². The summed E-state index contributed by atoms with van der Waals surface area (Å²) >= 11 is 1.20. The molecule has 0 bridgehead atoms. The van der Waals surface area contributed by atoms with Crippen LogP contribution >= 0.6 is 11.3 Å². The summed E-state index contributed by atoms with van der Waals surface area (Å²) < 4.78 is 46.2. The summed E-state index contributed by atoms with van der Waals surface area (Å²) in [6, 6.07) is 6.98. The Balaban J connectivity index is 1.66. The van der Waals surface area contributed by atoms with Crippen molar-refractivity contribution >= 4 is 22.2 Å². The van der Waals surface area contributed by atoms with Crippen LogP contribution in [0.4, 0.5) is 24.0 Å². The Kier molecular flexibility index (Phi) is 8.33. The first-order valence-electron chi connectivity index (χ1n) is 10.6. The molecule has 0 aliphatic carbocycles. The molecule has 0 atom stereocenters. The average molecular weight is 466 g/mol. The number of pyridine rings is 1. The number of nitrogens with one attached hydrogen (secondary N) is 1. The third-order valence-corrected chi connectivity index (χ3v) is 5.58. The summed E-state index contributed by atoms with van der Waals surface area (Å²) in [6.45, 7) is 2.39. The Morgan fingerprint density at radius 1 is 1.09 bits per heavy atom. The molecule has 3 rings (SSSR count). The Labute approximate surface area is 189 Å². The van der Waals surface area contributed by atoms with E-state index in [1.807, 2.05) is 0 Å². The lowest BCUT2D eigenvalue weighted by Gasteiger charge is -2.15. The van der Waals surface area contributed by atoms with Crippen LogP contribution in [0.5, 0.6) is 11.5 Å². The first-order valence-corrected chi connectivity index (χ1v) is 11.5. The third kappa shape index (κ3) is 6.59. The number of anilines is 2. The molecule has 0 saturated carbocycles. The molecule has 5 nitrogen and oxygen atoms in total. The maximum absolute atomic E-state index is 13.6. The maximum atomic E-state index is 13.6. The van der Waals surface area contributed by atoms with Gasteiger partial charge in [0.2, 0.25) is 0 Å². The topological polar surface area (TPSA) is 67.3 Å². The van der Waals surface area contributed by atoms with Crippen LogP contribution in [0.25, 0.3) is 11.4 Å². The van der Waals surface area contributed by atoms with E-state index in [0.29, 0.717) is 16.5 Å². The molecule has 0 radical (unpaired) electrons. The van der Waals surface area contributed by atoms with Gasteiger partial charge in [-0.25, -0.2) is 4.98 Å². The second-order valence-corrected chi connectivity index (χ2v) is 8.22. The SMILES string of the molecule is CCCCCCCCOc1ccc(Nc2nc(-c3ncccc3O)cs2)cc1C(F)(F)F. The number of ether oxygens (including phenoxy) is 1. The predicted octanol–water partition coefficient (Wildman–Crippen LogP) is 7.41. The lowest BCUT2D eigenvalue weighted by Crippen LogP contribution is -2.10. The Bertz CT molecular complexity index is 1010. The fraction of sp³-hybridized carbons (Fsp3) is 0.391. The van der Waals surface area contributed by atoms with E-state index in [2.05, 4.69) is 22.2 Å². The van der Waals surface area contributed by atoms with E-state index in [9.17, 15) is 18.3 Å². The molecule has 2 heterocycles. The highest BCUT2D eigenvalue weighted by molar-refractivity contribution is 7.14. The number of aromatic hydroxyl groups is 1. The zero-order chi connectivity index (χ0) is 23.0. The average Bonchev–Trinajstić information content (AvgIpc) is 3.21. The number of aromatic nitrogens is 2. The summed E-state index contributed by atoms with van der Waals surface area (Å²) in [5.41, 5.74) is 0.166. The van der Waals surface area contributed by atoms with Gasteiger partial charge in [0.05, 0.1) is 12.2 Å². The smallest absolute Gasteiger partial charge is 0.420 e. The number of hydrogen-bond donors (Lipinski definition) is 2. The largest absolute Gasteiger partial charge is 0.506 e. The summed E-state index contributed by atoms with van der Waals surface area (Å²) in [5.74, 6) is -0.189. The summed E-state index contributed by atoms with van der Waals surface area (Å²) in [7, 11) is 0. The van der Waals surface area contributed by atoms with Crippen molar-refractivity contribution in [2.24, 2.45) is 0 Å². The van der Waals surface area contributed by atoms with Crippen molar-refractivity contribution < 1.29 is 23.0 Å². The predicted molar refractivity (Wildman–Crippen MR) is 121 cm³/mol. The standard InChI is InChI=1S/C23H26F3N3O2S/c1-2-3-4-5-6-7-13-31-20-11-10-16(14-17(20)23(24,25)26)28-22-29-18(15-32-22)21-19(30)9-8-12-27-21/h8-12,14-15,30H,2-7,13H2,1H3,(H,28,29). The molecular weight excluding hydrogens is 439 g/mol. The van der Waals surface area contributed by atoms with E-state index < -0.39 is 11.7 Å². The van der Waals surface area contributed by atoms with Crippen LogP contribution < -0.4 is 10.1 Å². The lowest BCUT2D eigenvalue weighted by molar-refractivity contribution is -0.138. The van der Waals surface area contributed by atoms with Gasteiger partial charge >= 0.3 is 6.18 Å². The second-order valence-electron chi connectivity index (χ2n) is 7.36. The van der Waals surface area contributed by atoms with Crippen molar-refractivity contribution in [1.82, 2.24) is 9.97 Å². The fourth-order valence-corrected chi connectivity index (χ4v) is 3.89. The van der Waals surface area contributed by atoms with Gasteiger partial charge in [-0.15, -0.1) is 11.3 Å². The van der Waals surface area contributed by atoms with Crippen LogP contribution in [0, 0.1) is 0 Å². The van der Waals surface area contributed by atoms with Crippen LogP contribution in [0.1, 0.15) is 51.0 Å². The molecule has 0 fully saturated rings. The molecule has 0 aliphatic rings. The van der Waals surface area contributed by atoms with E-state index in [0.717, 1.165) is 38.2 Å². The summed E-state index contributed by atoms with van der Waals surface area (Å²) in [4.78, 5) is 8.40. The Morgan fingerprint density at radius 2 is 1.88 bits per heavy atom. The van der Waals surface area contributed by atoms with Crippen LogP contribution in [-0.4, -0.2) is 21.7 Å². The van der Waals surface area contributed by atoms with Crippen LogP contribution in [0.2, 0.25) is 0 Å². The van der Waals surface area contributed by atoms with Crippen LogP contribution in [0.15, 0.2) is 41.9 Å². The normalized spacial score (nSPS) is 11.5. The Hall–Kier alpha value is -2.81. The monoisotopic (exact) mass is 465 g/mol. The van der Waals surface area contributed by atoms with Gasteiger partial charge in [-0.3, -0.25) is 4.98 Å². The molecule has 2 N–H and O–H groups in total. The first-order chi connectivity index (χ1) is 15.4. The number of alkyl halides is 3. The van der Waals surface area contributed by atoms with Gasteiger partial charge in [-0.2, -0.15) is 13.2 Å². The number of benzene rings is 1. The highest BCUT2D eigenvalue weighted by Gasteiger charge is 2.34. The van der Waals surface area contributed by atoms with E-state index >= 15 is 0 Å². The zero-order valence-electron chi connectivity index (χ0n) is 17.8. The van der Waals surface area contributed by atoms with Crippen LogP contribution in [0.3, 0.4) is 0 Å². The van der Waals surface area contributed by atoms with Gasteiger partial charge in [0, 0.05) is 17.3 Å². The molecule has 3 aromatic rings. The highest BCUT2D eigenvalue weighted by atomic mass is 32.1. The van der Waals surface area contributed by atoms with Crippen molar-refractivity contribution in [1.29, 1.82) is 0 Å². The minimum absolute atomic E-state index is 0.0180. The fourth-order valence-electron chi connectivity index (χ4n) is 3.18. The van der Waals surface area contributed by atoms with Gasteiger partial charge in [0.25, 0.3) is 0 Å². The molecular formula is C23H26F3N3O2S. The van der Waals surface area contributed by atoms with Gasteiger partial charge in [0.1, 0.15) is 22.9 Å². The number of hydrogen-bond acceptors (Lipinski definition) is 6. The van der Waals surface area contributed by atoms with E-state index in [4.69, 9.17) is 4.74 Å². The van der Waals surface area contributed by atoms with Gasteiger partial charge in [0.15, 0.2) is 5.13 Å². The Morgan fingerprint density at radius 3 is 2.62 bits per heavy atom.